The Morgan fingerprint density at radius 1 is 0.477 bits per heavy atom. The second-order valence-electron chi connectivity index (χ2n) is 17.1. The first kappa shape index (κ1) is 42.9. The molecular formula is C40H78O4. The molecule has 0 radical (unpaired) electrons. The third-order valence-electron chi connectivity index (χ3n) is 9.02. The number of carbonyl (C=O) groups excluding carboxylic acids is 2. The van der Waals surface area contributed by atoms with E-state index in [2.05, 4.69) is 69.2 Å². The summed E-state index contributed by atoms with van der Waals surface area (Å²) in [5, 5.41) is 0. The van der Waals surface area contributed by atoms with Crippen molar-refractivity contribution in [2.45, 2.75) is 198 Å². The van der Waals surface area contributed by atoms with Crippen molar-refractivity contribution < 1.29 is 19.1 Å². The number of hydrogen-bond acceptors (Lipinski definition) is 4. The van der Waals surface area contributed by atoms with Crippen molar-refractivity contribution in [3.8, 4) is 0 Å². The van der Waals surface area contributed by atoms with Gasteiger partial charge in [-0.2, -0.15) is 0 Å². The molecule has 0 N–H and O–H groups in total. The molecule has 0 aromatic heterocycles. The normalized spacial score (nSPS) is 14.4. The summed E-state index contributed by atoms with van der Waals surface area (Å²) >= 11 is 0. The van der Waals surface area contributed by atoms with Crippen LogP contribution in [0.4, 0.5) is 0 Å². The number of ether oxygens (including phenoxy) is 2. The lowest BCUT2D eigenvalue weighted by molar-refractivity contribution is -0.145. The zero-order valence-electron chi connectivity index (χ0n) is 31.5. The minimum atomic E-state index is -0.0139. The van der Waals surface area contributed by atoms with Crippen LogP contribution in [0.25, 0.3) is 0 Å². The van der Waals surface area contributed by atoms with Gasteiger partial charge in [-0.25, -0.2) is 0 Å². The predicted octanol–water partition coefficient (Wildman–Crippen LogP) is 12.5. The minimum absolute atomic E-state index is 0.0139. The molecule has 0 fully saturated rings. The highest BCUT2D eigenvalue weighted by molar-refractivity contribution is 5.69. The van der Waals surface area contributed by atoms with Gasteiger partial charge in [-0.3, -0.25) is 9.59 Å². The second-order valence-corrected chi connectivity index (χ2v) is 17.1. The first-order valence-corrected chi connectivity index (χ1v) is 18.9. The molecule has 0 aliphatic rings. The van der Waals surface area contributed by atoms with Crippen LogP contribution in [0.1, 0.15) is 198 Å². The molecule has 0 rings (SSSR count). The quantitative estimate of drug-likeness (QED) is 0.0675. The topological polar surface area (TPSA) is 52.6 Å². The molecule has 4 heteroatoms. The highest BCUT2D eigenvalue weighted by atomic mass is 16.5. The number of unbranched alkanes of at least 4 members (excludes halogenated alkanes) is 10. The van der Waals surface area contributed by atoms with Crippen molar-refractivity contribution >= 4 is 11.9 Å². The minimum Gasteiger partial charge on any atom is -0.466 e. The van der Waals surface area contributed by atoms with Gasteiger partial charge in [-0.1, -0.05) is 146 Å². The zero-order chi connectivity index (χ0) is 33.4. The van der Waals surface area contributed by atoms with Crippen molar-refractivity contribution in [3.05, 3.63) is 0 Å². The number of esters is 2. The lowest BCUT2D eigenvalue weighted by Crippen LogP contribution is -2.14. The summed E-state index contributed by atoms with van der Waals surface area (Å²) in [6.45, 7) is 24.0. The SMILES string of the molecule is CC(CCOC(=O)CCCCCCCCC(CCCCCCCCC(=O)OCCC(C)CC(C)(C)C)C(C)C)CC(C)(C)C. The Balaban J connectivity index is 3.69. The highest BCUT2D eigenvalue weighted by Gasteiger charge is 2.17. The van der Waals surface area contributed by atoms with E-state index in [4.69, 9.17) is 9.47 Å². The zero-order valence-corrected chi connectivity index (χ0v) is 31.5. The fourth-order valence-electron chi connectivity index (χ4n) is 6.76. The van der Waals surface area contributed by atoms with Crippen molar-refractivity contribution in [2.24, 2.45) is 34.5 Å². The molecule has 44 heavy (non-hydrogen) atoms. The fourth-order valence-corrected chi connectivity index (χ4v) is 6.76. The van der Waals surface area contributed by atoms with Gasteiger partial charge < -0.3 is 9.47 Å². The summed E-state index contributed by atoms with van der Waals surface area (Å²) in [5.41, 5.74) is 0.677. The van der Waals surface area contributed by atoms with E-state index in [1.165, 1.54) is 77.0 Å². The van der Waals surface area contributed by atoms with E-state index in [1.54, 1.807) is 0 Å². The number of rotatable bonds is 27. The summed E-state index contributed by atoms with van der Waals surface area (Å²) in [7, 11) is 0. The number of carbonyl (C=O) groups is 2. The van der Waals surface area contributed by atoms with Gasteiger partial charge in [-0.05, 0) is 73.0 Å². The van der Waals surface area contributed by atoms with Crippen molar-refractivity contribution in [1.29, 1.82) is 0 Å². The van der Waals surface area contributed by atoms with Gasteiger partial charge >= 0.3 is 11.9 Å². The highest BCUT2D eigenvalue weighted by Crippen LogP contribution is 2.28. The van der Waals surface area contributed by atoms with E-state index in [-0.39, 0.29) is 11.9 Å². The Hall–Kier alpha value is -1.06. The maximum absolute atomic E-state index is 12.0. The smallest absolute Gasteiger partial charge is 0.305 e. The lowest BCUT2D eigenvalue weighted by Gasteiger charge is -2.23. The molecule has 2 atom stereocenters. The predicted molar refractivity (Wildman–Crippen MR) is 190 cm³/mol. The van der Waals surface area contributed by atoms with E-state index in [1.807, 2.05) is 0 Å². The Kier molecular flexibility index (Phi) is 24.5. The summed E-state index contributed by atoms with van der Waals surface area (Å²) in [6, 6.07) is 0. The van der Waals surface area contributed by atoms with Crippen LogP contribution in [0.15, 0.2) is 0 Å². The Morgan fingerprint density at radius 2 is 0.795 bits per heavy atom. The largest absolute Gasteiger partial charge is 0.466 e. The Bertz CT molecular complexity index is 643. The molecule has 2 unspecified atom stereocenters. The molecule has 0 bridgehead atoms. The third-order valence-corrected chi connectivity index (χ3v) is 9.02. The average molecular weight is 623 g/mol. The van der Waals surface area contributed by atoms with Crippen LogP contribution in [-0.2, 0) is 19.1 Å². The van der Waals surface area contributed by atoms with Gasteiger partial charge in [0.2, 0.25) is 0 Å². The molecular weight excluding hydrogens is 544 g/mol. The van der Waals surface area contributed by atoms with E-state index in [0.717, 1.165) is 50.4 Å². The molecule has 0 saturated carbocycles. The Morgan fingerprint density at radius 3 is 1.11 bits per heavy atom. The first-order chi connectivity index (χ1) is 20.6. The Labute approximate surface area is 276 Å². The summed E-state index contributed by atoms with van der Waals surface area (Å²) < 4.78 is 10.9. The molecule has 0 heterocycles. The van der Waals surface area contributed by atoms with Gasteiger partial charge in [-0.15, -0.1) is 0 Å². The van der Waals surface area contributed by atoms with E-state index in [0.29, 0.717) is 48.7 Å². The summed E-state index contributed by atoms with van der Waals surface area (Å²) in [6.07, 6.45) is 22.7. The molecule has 0 aromatic rings. The van der Waals surface area contributed by atoms with Crippen molar-refractivity contribution in [2.75, 3.05) is 13.2 Å². The van der Waals surface area contributed by atoms with E-state index >= 15 is 0 Å². The molecule has 0 aliphatic heterocycles. The molecule has 0 aliphatic carbocycles. The van der Waals surface area contributed by atoms with Crippen LogP contribution < -0.4 is 0 Å². The first-order valence-electron chi connectivity index (χ1n) is 18.9. The van der Waals surface area contributed by atoms with Gasteiger partial charge in [0.1, 0.15) is 0 Å². The molecule has 0 aromatic carbocycles. The standard InChI is InChI=1S/C40H78O4/c1-33(2)36(23-19-15-11-13-17-21-25-37(41)43-29-27-34(3)31-39(5,6)7)24-20-16-12-14-18-22-26-38(42)44-30-28-35(4)32-40(8,9)10/h33-36H,11-32H2,1-10H3. The number of hydrogen-bond donors (Lipinski definition) is 0. The summed E-state index contributed by atoms with van der Waals surface area (Å²) in [5.74, 6) is 2.78. The van der Waals surface area contributed by atoms with Gasteiger partial charge in [0.15, 0.2) is 0 Å². The van der Waals surface area contributed by atoms with Crippen molar-refractivity contribution in [1.82, 2.24) is 0 Å². The van der Waals surface area contributed by atoms with Crippen LogP contribution in [-0.4, -0.2) is 25.2 Å². The molecule has 4 nitrogen and oxygen atoms in total. The van der Waals surface area contributed by atoms with Crippen LogP contribution in [0.5, 0.6) is 0 Å². The van der Waals surface area contributed by atoms with Crippen molar-refractivity contribution in [3.63, 3.8) is 0 Å². The third kappa shape index (κ3) is 29.6. The fraction of sp³-hybridized carbons (Fsp3) is 0.950. The van der Waals surface area contributed by atoms with Crippen LogP contribution in [0.2, 0.25) is 0 Å². The van der Waals surface area contributed by atoms with Gasteiger partial charge in [0, 0.05) is 12.8 Å². The maximum atomic E-state index is 12.0. The second kappa shape index (κ2) is 25.1. The average Bonchev–Trinajstić information content (AvgIpc) is 2.88. The van der Waals surface area contributed by atoms with E-state index < -0.39 is 0 Å². The lowest BCUT2D eigenvalue weighted by atomic mass is 9.84. The molecule has 0 saturated heterocycles. The maximum Gasteiger partial charge on any atom is 0.305 e. The monoisotopic (exact) mass is 623 g/mol. The summed E-state index contributed by atoms with van der Waals surface area (Å²) in [4.78, 5) is 24.0. The molecule has 0 amide bonds. The molecule has 0 spiro atoms. The van der Waals surface area contributed by atoms with E-state index in [9.17, 15) is 9.59 Å². The van der Waals surface area contributed by atoms with Gasteiger partial charge in [0.05, 0.1) is 13.2 Å². The van der Waals surface area contributed by atoms with Gasteiger partial charge in [0.25, 0.3) is 0 Å². The van der Waals surface area contributed by atoms with Crippen LogP contribution in [0.3, 0.4) is 0 Å². The van der Waals surface area contributed by atoms with Crippen LogP contribution in [0, 0.1) is 34.5 Å². The molecule has 262 valence electrons. The van der Waals surface area contributed by atoms with Crippen LogP contribution >= 0.6 is 0 Å².